The van der Waals surface area contributed by atoms with Gasteiger partial charge in [0.05, 0.1) is 18.6 Å². The number of cyclic esters (lactones) is 1. The summed E-state index contributed by atoms with van der Waals surface area (Å²) in [5.41, 5.74) is 3.27. The standard InChI is InChI=1S/C26H28N4O5/c1-29-24(22-16-30(26(33)35-22)15-17-6-3-2-4-7-17)23(27-28-29)18-10-12-20(13-11-18)34-21-9-5-8-19(14-21)25(31)32/h2-4,6-7,10-13,19,21-22H,5,8-9,14-16H2,1H3,(H,31,32)/t19-,21-,22?/m0/s1. The Morgan fingerprint density at radius 1 is 1.14 bits per heavy atom. The van der Waals surface area contributed by atoms with Crippen molar-refractivity contribution in [3.05, 3.63) is 65.9 Å². The molecule has 2 heterocycles. The highest BCUT2D eigenvalue weighted by atomic mass is 16.6. The van der Waals surface area contributed by atoms with Crippen molar-refractivity contribution in [2.24, 2.45) is 13.0 Å². The third kappa shape index (κ3) is 4.99. The molecule has 0 radical (unpaired) electrons. The molecule has 9 heteroatoms. The molecule has 1 aliphatic carbocycles. The molecule has 2 aromatic carbocycles. The smallest absolute Gasteiger partial charge is 0.410 e. The van der Waals surface area contributed by atoms with Crippen molar-refractivity contribution in [3.8, 4) is 17.0 Å². The van der Waals surface area contributed by atoms with Gasteiger partial charge in [-0.15, -0.1) is 5.10 Å². The molecule has 2 fully saturated rings. The molecule has 1 saturated heterocycles. The Morgan fingerprint density at radius 2 is 1.91 bits per heavy atom. The van der Waals surface area contributed by atoms with Crippen LogP contribution in [0.5, 0.6) is 5.75 Å². The summed E-state index contributed by atoms with van der Waals surface area (Å²) in [7, 11) is 1.79. The average molecular weight is 477 g/mol. The summed E-state index contributed by atoms with van der Waals surface area (Å²) in [6, 6.07) is 17.3. The number of benzene rings is 2. The van der Waals surface area contributed by atoms with Crippen LogP contribution in [0.25, 0.3) is 11.3 Å². The van der Waals surface area contributed by atoms with Gasteiger partial charge in [-0.05, 0) is 55.5 Å². The Hall–Kier alpha value is -3.88. The van der Waals surface area contributed by atoms with E-state index in [1.165, 1.54) is 0 Å². The van der Waals surface area contributed by atoms with E-state index in [0.717, 1.165) is 29.7 Å². The van der Waals surface area contributed by atoms with Gasteiger partial charge < -0.3 is 14.6 Å². The van der Waals surface area contributed by atoms with Gasteiger partial charge in [-0.25, -0.2) is 9.48 Å². The van der Waals surface area contributed by atoms with Gasteiger partial charge in [-0.2, -0.15) is 0 Å². The largest absolute Gasteiger partial charge is 0.490 e. The molecular weight excluding hydrogens is 448 g/mol. The Morgan fingerprint density at radius 3 is 2.66 bits per heavy atom. The number of rotatable bonds is 7. The van der Waals surface area contributed by atoms with E-state index in [-0.39, 0.29) is 18.1 Å². The molecule has 1 saturated carbocycles. The lowest BCUT2D eigenvalue weighted by atomic mass is 9.87. The highest BCUT2D eigenvalue weighted by Crippen LogP contribution is 2.34. The van der Waals surface area contributed by atoms with Crippen molar-refractivity contribution in [2.45, 2.75) is 44.4 Å². The fraction of sp³-hybridized carbons (Fsp3) is 0.385. The number of hydrogen-bond acceptors (Lipinski definition) is 6. The lowest BCUT2D eigenvalue weighted by molar-refractivity contribution is -0.143. The van der Waals surface area contributed by atoms with Crippen LogP contribution in [-0.4, -0.2) is 49.7 Å². The highest BCUT2D eigenvalue weighted by Gasteiger charge is 2.36. The minimum atomic E-state index is -0.751. The summed E-state index contributed by atoms with van der Waals surface area (Å²) in [5, 5.41) is 17.8. The average Bonchev–Trinajstić information content (AvgIpc) is 3.42. The molecule has 3 atom stereocenters. The number of carbonyl (C=O) groups is 2. The van der Waals surface area contributed by atoms with Crippen LogP contribution in [0.2, 0.25) is 0 Å². The minimum absolute atomic E-state index is 0.101. The van der Waals surface area contributed by atoms with Gasteiger partial charge >= 0.3 is 12.1 Å². The van der Waals surface area contributed by atoms with Gasteiger partial charge in [-0.3, -0.25) is 9.69 Å². The summed E-state index contributed by atoms with van der Waals surface area (Å²) < 4.78 is 13.4. The second-order valence-corrected chi connectivity index (χ2v) is 9.15. The van der Waals surface area contributed by atoms with Crippen LogP contribution in [0.4, 0.5) is 4.79 Å². The van der Waals surface area contributed by atoms with Gasteiger partial charge in [0.25, 0.3) is 0 Å². The predicted molar refractivity (Wildman–Crippen MR) is 127 cm³/mol. The van der Waals surface area contributed by atoms with E-state index in [9.17, 15) is 14.7 Å². The fourth-order valence-corrected chi connectivity index (χ4v) is 4.87. The first-order valence-corrected chi connectivity index (χ1v) is 11.9. The highest BCUT2D eigenvalue weighted by molar-refractivity contribution is 5.72. The van der Waals surface area contributed by atoms with E-state index < -0.39 is 12.1 Å². The molecule has 1 amide bonds. The maximum Gasteiger partial charge on any atom is 0.410 e. The third-order valence-corrected chi connectivity index (χ3v) is 6.68. The number of ether oxygens (including phenoxy) is 2. The second kappa shape index (κ2) is 9.77. The molecule has 182 valence electrons. The van der Waals surface area contributed by atoms with Crippen LogP contribution in [0.1, 0.15) is 43.0 Å². The Labute approximate surface area is 203 Å². The van der Waals surface area contributed by atoms with Crippen LogP contribution in [0.15, 0.2) is 54.6 Å². The molecule has 0 bridgehead atoms. The number of carboxylic acid groups (broad SMARTS) is 1. The lowest BCUT2D eigenvalue weighted by Crippen LogP contribution is -2.29. The second-order valence-electron chi connectivity index (χ2n) is 9.15. The number of aryl methyl sites for hydroxylation is 1. The summed E-state index contributed by atoms with van der Waals surface area (Å²) in [4.78, 5) is 25.5. The van der Waals surface area contributed by atoms with Crippen LogP contribution >= 0.6 is 0 Å². The van der Waals surface area contributed by atoms with Crippen LogP contribution in [0, 0.1) is 5.92 Å². The molecule has 1 aromatic heterocycles. The van der Waals surface area contributed by atoms with Gasteiger partial charge in [0.1, 0.15) is 17.1 Å². The van der Waals surface area contributed by atoms with Gasteiger partial charge in [0, 0.05) is 19.2 Å². The first-order chi connectivity index (χ1) is 17.0. The van der Waals surface area contributed by atoms with Crippen molar-refractivity contribution in [1.82, 2.24) is 19.9 Å². The normalized spacial score (nSPS) is 22.1. The zero-order valence-corrected chi connectivity index (χ0v) is 19.5. The summed E-state index contributed by atoms with van der Waals surface area (Å²) in [5.74, 6) is -0.402. The Kier molecular flexibility index (Phi) is 6.39. The topological polar surface area (TPSA) is 107 Å². The van der Waals surface area contributed by atoms with Crippen LogP contribution in [-0.2, 0) is 23.1 Å². The van der Waals surface area contributed by atoms with Crippen molar-refractivity contribution >= 4 is 12.1 Å². The monoisotopic (exact) mass is 476 g/mol. The number of nitrogens with zero attached hydrogens (tertiary/aromatic N) is 4. The fourth-order valence-electron chi connectivity index (χ4n) is 4.87. The molecule has 35 heavy (non-hydrogen) atoms. The summed E-state index contributed by atoms with van der Waals surface area (Å²) in [6.07, 6.45) is 2.00. The summed E-state index contributed by atoms with van der Waals surface area (Å²) >= 11 is 0. The molecule has 2 aliphatic rings. The van der Waals surface area contributed by atoms with E-state index in [4.69, 9.17) is 9.47 Å². The van der Waals surface area contributed by atoms with Crippen molar-refractivity contribution in [1.29, 1.82) is 0 Å². The number of aromatic nitrogens is 3. The lowest BCUT2D eigenvalue weighted by Gasteiger charge is -2.27. The van der Waals surface area contributed by atoms with Crippen LogP contribution in [0.3, 0.4) is 0 Å². The third-order valence-electron chi connectivity index (χ3n) is 6.68. The molecule has 9 nitrogen and oxygen atoms in total. The molecule has 1 N–H and O–H groups in total. The van der Waals surface area contributed by atoms with Gasteiger partial charge in [0.2, 0.25) is 0 Å². The van der Waals surface area contributed by atoms with Gasteiger partial charge in [-0.1, -0.05) is 35.5 Å². The molecule has 5 rings (SSSR count). The number of hydrogen-bond donors (Lipinski definition) is 1. The zero-order valence-electron chi connectivity index (χ0n) is 19.5. The maximum atomic E-state index is 12.5. The van der Waals surface area contributed by atoms with E-state index in [1.54, 1.807) is 16.6 Å². The zero-order chi connectivity index (χ0) is 24.4. The molecule has 0 spiro atoms. The van der Waals surface area contributed by atoms with Crippen molar-refractivity contribution in [2.75, 3.05) is 6.54 Å². The van der Waals surface area contributed by atoms with E-state index >= 15 is 0 Å². The number of carboxylic acids is 1. The minimum Gasteiger partial charge on any atom is -0.490 e. The van der Waals surface area contributed by atoms with Gasteiger partial charge in [0.15, 0.2) is 6.10 Å². The molecule has 1 unspecified atom stereocenters. The molecule has 3 aromatic rings. The number of aliphatic carboxylic acids is 1. The quantitative estimate of drug-likeness (QED) is 0.545. The van der Waals surface area contributed by atoms with Crippen molar-refractivity contribution in [3.63, 3.8) is 0 Å². The van der Waals surface area contributed by atoms with E-state index in [2.05, 4.69) is 10.3 Å². The number of carbonyl (C=O) groups excluding carboxylic acids is 1. The Bertz CT molecular complexity index is 1190. The van der Waals surface area contributed by atoms with Crippen molar-refractivity contribution < 1.29 is 24.2 Å². The first-order valence-electron chi connectivity index (χ1n) is 11.9. The SMILES string of the molecule is Cn1nnc(-c2ccc(O[C@H]3CCC[C@H](C(=O)O)C3)cc2)c1C1CN(Cc2ccccc2)C(=O)O1. The maximum absolute atomic E-state index is 12.5. The van der Waals surface area contributed by atoms with E-state index in [1.807, 2.05) is 54.6 Å². The van der Waals surface area contributed by atoms with Crippen LogP contribution < -0.4 is 4.74 Å². The predicted octanol–water partition coefficient (Wildman–Crippen LogP) is 4.20. The Balaban J connectivity index is 1.29. The number of amides is 1. The molecular formula is C26H28N4O5. The van der Waals surface area contributed by atoms with E-state index in [0.29, 0.717) is 37.4 Å². The summed E-state index contributed by atoms with van der Waals surface area (Å²) in [6.45, 7) is 0.891. The first kappa shape index (κ1) is 22.9. The molecule has 1 aliphatic heterocycles.